The van der Waals surface area contributed by atoms with E-state index in [4.69, 9.17) is 5.73 Å². The van der Waals surface area contributed by atoms with Crippen molar-refractivity contribution in [3.63, 3.8) is 0 Å². The minimum Gasteiger partial charge on any atom is -0.366 e. The van der Waals surface area contributed by atoms with Crippen LogP contribution in [0.5, 0.6) is 0 Å². The monoisotopic (exact) mass is 353 g/mol. The highest BCUT2D eigenvalue weighted by Crippen LogP contribution is 2.37. The zero-order valence-corrected chi connectivity index (χ0v) is 13.9. The smallest absolute Gasteiger partial charge is 0.344 e. The van der Waals surface area contributed by atoms with Gasteiger partial charge in [0.15, 0.2) is 5.16 Å². The fraction of sp³-hybridized carbons (Fsp3) is 0.385. The lowest BCUT2D eigenvalue weighted by atomic mass is 10.3. The zero-order valence-electron chi connectivity index (χ0n) is 12.2. The number of carbonyl (C=O) groups excluding carboxylic acids is 2. The maximum absolute atomic E-state index is 12.3. The summed E-state index contributed by atoms with van der Waals surface area (Å²) in [5, 5.41) is 11.2. The van der Waals surface area contributed by atoms with Crippen LogP contribution in [-0.4, -0.2) is 31.8 Å². The van der Waals surface area contributed by atoms with Crippen molar-refractivity contribution in [3.05, 3.63) is 27.5 Å². The summed E-state index contributed by atoms with van der Waals surface area (Å²) < 4.78 is 1.59. The summed E-state index contributed by atoms with van der Waals surface area (Å²) in [6.45, 7) is 1.72. The lowest BCUT2D eigenvalue weighted by Gasteiger charge is -2.11. The Kier molecular flexibility index (Phi) is 4.26. The van der Waals surface area contributed by atoms with Crippen LogP contribution in [0, 0.1) is 0 Å². The van der Waals surface area contributed by atoms with Crippen LogP contribution < -0.4 is 16.7 Å². The number of aromatic amines is 1. The number of H-pyrrole nitrogens is 1. The number of primary amides is 1. The van der Waals surface area contributed by atoms with Gasteiger partial charge in [0.2, 0.25) is 5.91 Å². The highest BCUT2D eigenvalue weighted by molar-refractivity contribution is 8.00. The zero-order chi connectivity index (χ0) is 16.6. The SMILES string of the molecule is C[C@@H](Sc1n[nH]c(=O)n1C1CC1)C(=O)Nc1sccc1C(N)=O. The lowest BCUT2D eigenvalue weighted by molar-refractivity contribution is -0.115. The number of nitrogens with one attached hydrogen (secondary N) is 2. The van der Waals surface area contributed by atoms with E-state index in [1.807, 2.05) is 0 Å². The number of nitrogens with zero attached hydrogens (tertiary/aromatic N) is 2. The van der Waals surface area contributed by atoms with E-state index in [1.165, 1.54) is 23.1 Å². The number of aromatic nitrogens is 3. The standard InChI is InChI=1S/C13H15N5O3S2/c1-6(10(20)15-11-8(9(14)19)4-5-22-11)23-13-17-16-12(21)18(13)7-2-3-7/h4-7H,2-3H2,1H3,(H2,14,19)(H,15,20)(H,16,21)/t6-/m1/s1. The summed E-state index contributed by atoms with van der Waals surface area (Å²) in [7, 11) is 0. The van der Waals surface area contributed by atoms with Gasteiger partial charge >= 0.3 is 5.69 Å². The number of thiophene rings is 1. The first-order valence-corrected chi connectivity index (χ1v) is 8.75. The Labute approximate surface area is 139 Å². The van der Waals surface area contributed by atoms with Gasteiger partial charge in [-0.2, -0.15) is 0 Å². The summed E-state index contributed by atoms with van der Waals surface area (Å²) in [6, 6.07) is 1.75. The van der Waals surface area contributed by atoms with E-state index in [2.05, 4.69) is 15.5 Å². The second kappa shape index (κ2) is 6.20. The first-order chi connectivity index (χ1) is 11.0. The van der Waals surface area contributed by atoms with Gasteiger partial charge in [0.1, 0.15) is 5.00 Å². The van der Waals surface area contributed by atoms with E-state index in [0.29, 0.717) is 10.2 Å². The Balaban J connectivity index is 1.69. The number of hydrogen-bond donors (Lipinski definition) is 3. The summed E-state index contributed by atoms with van der Waals surface area (Å²) >= 11 is 2.43. The number of nitrogens with two attached hydrogens (primary N) is 1. The molecule has 1 aliphatic carbocycles. The van der Waals surface area contributed by atoms with E-state index in [0.717, 1.165) is 12.8 Å². The second-order valence-electron chi connectivity index (χ2n) is 5.19. The Morgan fingerprint density at radius 1 is 1.57 bits per heavy atom. The summed E-state index contributed by atoms with van der Waals surface area (Å²) in [5.41, 5.74) is 5.29. The first kappa shape index (κ1) is 15.8. The van der Waals surface area contributed by atoms with Crippen LogP contribution in [0.2, 0.25) is 0 Å². The molecule has 0 spiro atoms. The Morgan fingerprint density at radius 3 is 2.96 bits per heavy atom. The molecule has 23 heavy (non-hydrogen) atoms. The van der Waals surface area contributed by atoms with Crippen molar-refractivity contribution in [2.45, 2.75) is 36.2 Å². The molecule has 0 aliphatic heterocycles. The molecule has 0 aromatic carbocycles. The maximum Gasteiger partial charge on any atom is 0.344 e. The number of rotatable bonds is 6. The molecular weight excluding hydrogens is 338 g/mol. The molecule has 1 atom stereocenters. The van der Waals surface area contributed by atoms with Crippen LogP contribution >= 0.6 is 23.1 Å². The van der Waals surface area contributed by atoms with Crippen molar-refractivity contribution in [2.24, 2.45) is 5.73 Å². The molecule has 1 aliphatic rings. The van der Waals surface area contributed by atoms with Gasteiger partial charge in [-0.15, -0.1) is 16.4 Å². The van der Waals surface area contributed by atoms with Crippen molar-refractivity contribution in [1.29, 1.82) is 0 Å². The minimum atomic E-state index is -0.586. The van der Waals surface area contributed by atoms with Gasteiger partial charge < -0.3 is 11.1 Å². The van der Waals surface area contributed by atoms with Crippen molar-refractivity contribution in [3.8, 4) is 0 Å². The molecule has 0 bridgehead atoms. The summed E-state index contributed by atoms with van der Waals surface area (Å²) in [5.74, 6) is -0.866. The van der Waals surface area contributed by atoms with Gasteiger partial charge in [0.05, 0.1) is 10.8 Å². The summed E-state index contributed by atoms with van der Waals surface area (Å²) in [4.78, 5) is 35.3. The van der Waals surface area contributed by atoms with Gasteiger partial charge in [-0.1, -0.05) is 11.8 Å². The number of thioether (sulfide) groups is 1. The van der Waals surface area contributed by atoms with Gasteiger partial charge in [-0.25, -0.2) is 9.89 Å². The Hall–Kier alpha value is -2.07. The van der Waals surface area contributed by atoms with Crippen molar-refractivity contribution in [2.75, 3.05) is 5.32 Å². The van der Waals surface area contributed by atoms with Crippen LogP contribution in [0.1, 0.15) is 36.2 Å². The van der Waals surface area contributed by atoms with Crippen molar-refractivity contribution >= 4 is 39.9 Å². The lowest BCUT2D eigenvalue weighted by Crippen LogP contribution is -2.24. The van der Waals surface area contributed by atoms with Crippen LogP contribution in [-0.2, 0) is 4.79 Å². The normalized spacial score (nSPS) is 15.3. The molecule has 8 nitrogen and oxygen atoms in total. The van der Waals surface area contributed by atoms with Crippen LogP contribution in [0.25, 0.3) is 0 Å². The van der Waals surface area contributed by atoms with Crippen LogP contribution in [0.15, 0.2) is 21.4 Å². The highest BCUT2D eigenvalue weighted by atomic mass is 32.2. The number of amides is 2. The average molecular weight is 353 g/mol. The average Bonchev–Trinajstić information content (AvgIpc) is 3.10. The molecule has 3 rings (SSSR count). The van der Waals surface area contributed by atoms with E-state index >= 15 is 0 Å². The fourth-order valence-corrected chi connectivity index (χ4v) is 3.77. The van der Waals surface area contributed by atoms with Crippen molar-refractivity contribution < 1.29 is 9.59 Å². The number of anilines is 1. The molecule has 0 unspecified atom stereocenters. The molecule has 2 aromatic rings. The molecule has 4 N–H and O–H groups in total. The third kappa shape index (κ3) is 3.32. The molecule has 2 heterocycles. The molecule has 10 heteroatoms. The van der Waals surface area contributed by atoms with Gasteiger partial charge in [0.25, 0.3) is 5.91 Å². The third-order valence-corrected chi connectivity index (χ3v) is 5.30. The first-order valence-electron chi connectivity index (χ1n) is 6.99. The maximum atomic E-state index is 12.3. The molecule has 1 saturated carbocycles. The largest absolute Gasteiger partial charge is 0.366 e. The van der Waals surface area contributed by atoms with Gasteiger partial charge in [-0.05, 0) is 31.2 Å². The molecule has 122 valence electrons. The number of carbonyl (C=O) groups is 2. The molecular formula is C13H15N5O3S2. The topological polar surface area (TPSA) is 123 Å². The quantitative estimate of drug-likeness (QED) is 0.673. The van der Waals surface area contributed by atoms with E-state index < -0.39 is 11.2 Å². The van der Waals surface area contributed by atoms with Gasteiger partial charge in [0, 0.05) is 6.04 Å². The fourth-order valence-electron chi connectivity index (χ4n) is 2.05. The molecule has 0 saturated heterocycles. The predicted octanol–water partition coefficient (Wildman–Crippen LogP) is 1.19. The minimum absolute atomic E-state index is 0.178. The van der Waals surface area contributed by atoms with E-state index in [9.17, 15) is 14.4 Å². The second-order valence-corrected chi connectivity index (χ2v) is 7.41. The third-order valence-electron chi connectivity index (χ3n) is 3.40. The van der Waals surface area contributed by atoms with Gasteiger partial charge in [-0.3, -0.25) is 14.2 Å². The van der Waals surface area contributed by atoms with Crippen molar-refractivity contribution in [1.82, 2.24) is 14.8 Å². The predicted molar refractivity (Wildman–Crippen MR) is 87.9 cm³/mol. The molecule has 2 aromatic heterocycles. The highest BCUT2D eigenvalue weighted by Gasteiger charge is 2.30. The number of hydrogen-bond acceptors (Lipinski definition) is 6. The van der Waals surface area contributed by atoms with E-state index in [1.54, 1.807) is 22.9 Å². The molecule has 2 amide bonds. The van der Waals surface area contributed by atoms with Crippen LogP contribution in [0.3, 0.4) is 0 Å². The summed E-state index contributed by atoms with van der Waals surface area (Å²) in [6.07, 6.45) is 1.90. The Bertz CT molecular complexity index is 805. The molecule has 1 fully saturated rings. The van der Waals surface area contributed by atoms with Crippen LogP contribution in [0.4, 0.5) is 5.00 Å². The molecule has 0 radical (unpaired) electrons. The Morgan fingerprint density at radius 2 is 2.30 bits per heavy atom. The van der Waals surface area contributed by atoms with E-state index in [-0.39, 0.29) is 23.2 Å².